The largest absolute Gasteiger partial charge is 0.352 e. The Hall–Kier alpha value is -1.59. The first-order chi connectivity index (χ1) is 10.2. The molecular weight excluding hydrogens is 304 g/mol. The number of guanidine groups is 1. The predicted molar refractivity (Wildman–Crippen MR) is 90.0 cm³/mol. The molecule has 6 heteroatoms. The second-order valence-corrected chi connectivity index (χ2v) is 6.12. The Morgan fingerprint density at radius 1 is 1.33 bits per heavy atom. The highest BCUT2D eigenvalue weighted by molar-refractivity contribution is 7.11. The molecule has 0 atom stereocenters. The molecule has 2 N–H and O–H groups in total. The molecule has 1 aromatic carbocycles. The lowest BCUT2D eigenvalue weighted by atomic mass is 10.2. The molecule has 0 unspecified atom stereocenters. The van der Waals surface area contributed by atoms with Crippen molar-refractivity contribution in [3.8, 4) is 0 Å². The van der Waals surface area contributed by atoms with Crippen LogP contribution in [-0.2, 0) is 19.5 Å². The average molecular weight is 323 g/mol. The van der Waals surface area contributed by atoms with Gasteiger partial charge in [0.2, 0.25) is 0 Å². The van der Waals surface area contributed by atoms with E-state index in [0.717, 1.165) is 28.0 Å². The molecule has 0 bridgehead atoms. The standard InChI is InChI=1S/C15H19ClN4S/c1-3-13-9-18-14(21-13)10-20-15(17-2)19-8-11-5-4-6-12(16)7-11/h4-7,9H,3,8,10H2,1-2H3,(H2,17,19,20). The van der Waals surface area contributed by atoms with Crippen LogP contribution in [0.2, 0.25) is 5.02 Å². The van der Waals surface area contributed by atoms with Gasteiger partial charge in [0.15, 0.2) is 5.96 Å². The fourth-order valence-corrected chi connectivity index (χ4v) is 2.82. The third-order valence-corrected chi connectivity index (χ3v) is 4.31. The highest BCUT2D eigenvalue weighted by Gasteiger charge is 2.03. The van der Waals surface area contributed by atoms with Gasteiger partial charge in [0.25, 0.3) is 0 Å². The average Bonchev–Trinajstić information content (AvgIpc) is 2.95. The van der Waals surface area contributed by atoms with Crippen LogP contribution in [0.25, 0.3) is 0 Å². The van der Waals surface area contributed by atoms with Gasteiger partial charge in [0, 0.05) is 29.7 Å². The molecule has 2 rings (SSSR count). The molecule has 0 saturated heterocycles. The summed E-state index contributed by atoms with van der Waals surface area (Å²) in [5, 5.41) is 8.33. The van der Waals surface area contributed by atoms with E-state index in [1.807, 2.05) is 30.5 Å². The Balaban J connectivity index is 1.83. The number of benzene rings is 1. The number of aliphatic imine (C=N–C) groups is 1. The Morgan fingerprint density at radius 2 is 2.14 bits per heavy atom. The van der Waals surface area contributed by atoms with E-state index >= 15 is 0 Å². The van der Waals surface area contributed by atoms with Gasteiger partial charge in [-0.15, -0.1) is 11.3 Å². The van der Waals surface area contributed by atoms with Crippen LogP contribution >= 0.6 is 22.9 Å². The molecule has 1 heterocycles. The number of nitrogens with one attached hydrogen (secondary N) is 2. The number of hydrogen-bond acceptors (Lipinski definition) is 3. The molecule has 0 aliphatic heterocycles. The van der Waals surface area contributed by atoms with Crippen molar-refractivity contribution in [3.05, 3.63) is 50.9 Å². The number of nitrogens with zero attached hydrogens (tertiary/aromatic N) is 2. The van der Waals surface area contributed by atoms with Crippen LogP contribution in [0, 0.1) is 0 Å². The highest BCUT2D eigenvalue weighted by Crippen LogP contribution is 2.13. The molecular formula is C15H19ClN4S. The van der Waals surface area contributed by atoms with Gasteiger partial charge in [0.1, 0.15) is 5.01 Å². The van der Waals surface area contributed by atoms with Gasteiger partial charge < -0.3 is 10.6 Å². The van der Waals surface area contributed by atoms with Crippen molar-refractivity contribution in [2.75, 3.05) is 7.05 Å². The molecule has 0 fully saturated rings. The van der Waals surface area contributed by atoms with Crippen LogP contribution in [-0.4, -0.2) is 18.0 Å². The van der Waals surface area contributed by atoms with E-state index < -0.39 is 0 Å². The zero-order valence-corrected chi connectivity index (χ0v) is 13.8. The fourth-order valence-electron chi connectivity index (χ4n) is 1.81. The summed E-state index contributed by atoms with van der Waals surface area (Å²) >= 11 is 7.70. The molecule has 2 aromatic rings. The molecule has 1 aromatic heterocycles. The van der Waals surface area contributed by atoms with Gasteiger partial charge >= 0.3 is 0 Å². The number of halogens is 1. The molecule has 0 aliphatic rings. The van der Waals surface area contributed by atoms with E-state index in [1.165, 1.54) is 4.88 Å². The van der Waals surface area contributed by atoms with Gasteiger partial charge in [0.05, 0.1) is 6.54 Å². The summed E-state index contributed by atoms with van der Waals surface area (Å²) in [4.78, 5) is 9.88. The van der Waals surface area contributed by atoms with Crippen LogP contribution in [0.3, 0.4) is 0 Å². The first-order valence-electron chi connectivity index (χ1n) is 6.83. The first-order valence-corrected chi connectivity index (χ1v) is 8.03. The third kappa shape index (κ3) is 5.02. The maximum Gasteiger partial charge on any atom is 0.191 e. The molecule has 0 aliphatic carbocycles. The van der Waals surface area contributed by atoms with Crippen LogP contribution in [0.5, 0.6) is 0 Å². The van der Waals surface area contributed by atoms with E-state index in [2.05, 4.69) is 27.5 Å². The summed E-state index contributed by atoms with van der Waals surface area (Å²) in [6.07, 6.45) is 2.96. The minimum absolute atomic E-state index is 0.679. The van der Waals surface area contributed by atoms with E-state index in [-0.39, 0.29) is 0 Å². The predicted octanol–water partition coefficient (Wildman–Crippen LogP) is 3.22. The molecule has 4 nitrogen and oxygen atoms in total. The Labute approximate surface area is 134 Å². The monoisotopic (exact) mass is 322 g/mol. The second kappa shape index (κ2) is 8.00. The smallest absolute Gasteiger partial charge is 0.191 e. The highest BCUT2D eigenvalue weighted by atomic mass is 35.5. The number of rotatable bonds is 5. The summed E-state index contributed by atoms with van der Waals surface area (Å²) < 4.78 is 0. The van der Waals surface area contributed by atoms with Crippen molar-refractivity contribution in [1.29, 1.82) is 0 Å². The third-order valence-electron chi connectivity index (χ3n) is 2.93. The van der Waals surface area contributed by atoms with E-state index in [4.69, 9.17) is 11.6 Å². The zero-order valence-electron chi connectivity index (χ0n) is 12.2. The second-order valence-electron chi connectivity index (χ2n) is 4.48. The number of thiazole rings is 1. The molecule has 0 saturated carbocycles. The molecule has 0 radical (unpaired) electrons. The Bertz CT molecular complexity index is 609. The van der Waals surface area contributed by atoms with Crippen LogP contribution in [0.1, 0.15) is 22.4 Å². The summed E-state index contributed by atoms with van der Waals surface area (Å²) in [5.74, 6) is 0.753. The van der Waals surface area contributed by atoms with Crippen molar-refractivity contribution in [3.63, 3.8) is 0 Å². The van der Waals surface area contributed by atoms with Gasteiger partial charge in [-0.25, -0.2) is 4.98 Å². The lowest BCUT2D eigenvalue weighted by Crippen LogP contribution is -2.36. The molecule has 0 amide bonds. The Kier molecular flexibility index (Phi) is 6.02. The summed E-state index contributed by atoms with van der Waals surface area (Å²) in [7, 11) is 1.76. The van der Waals surface area contributed by atoms with Crippen molar-refractivity contribution in [2.45, 2.75) is 26.4 Å². The van der Waals surface area contributed by atoms with Crippen molar-refractivity contribution < 1.29 is 0 Å². The maximum atomic E-state index is 5.97. The minimum Gasteiger partial charge on any atom is -0.352 e. The molecule has 21 heavy (non-hydrogen) atoms. The van der Waals surface area contributed by atoms with Gasteiger partial charge in [-0.2, -0.15) is 0 Å². The van der Waals surface area contributed by atoms with E-state index in [9.17, 15) is 0 Å². The van der Waals surface area contributed by atoms with Gasteiger partial charge in [-0.05, 0) is 24.1 Å². The number of hydrogen-bond donors (Lipinski definition) is 2. The quantitative estimate of drug-likeness (QED) is 0.656. The SMILES string of the molecule is CCc1cnc(CNC(=NC)NCc2cccc(Cl)c2)s1. The lowest BCUT2D eigenvalue weighted by Gasteiger charge is -2.11. The normalized spacial score (nSPS) is 11.5. The van der Waals surface area contributed by atoms with Crippen molar-refractivity contribution in [1.82, 2.24) is 15.6 Å². The number of aryl methyl sites for hydroxylation is 1. The molecule has 0 spiro atoms. The van der Waals surface area contributed by atoms with Crippen molar-refractivity contribution >= 4 is 28.9 Å². The maximum absolute atomic E-state index is 5.97. The minimum atomic E-state index is 0.679. The summed E-state index contributed by atoms with van der Waals surface area (Å²) in [6.45, 7) is 3.49. The fraction of sp³-hybridized carbons (Fsp3) is 0.333. The zero-order chi connectivity index (χ0) is 15.1. The van der Waals surface area contributed by atoms with Crippen molar-refractivity contribution in [2.24, 2.45) is 4.99 Å². The van der Waals surface area contributed by atoms with E-state index in [0.29, 0.717) is 13.1 Å². The first kappa shape index (κ1) is 15.8. The van der Waals surface area contributed by atoms with Gasteiger partial charge in [-0.1, -0.05) is 30.7 Å². The van der Waals surface area contributed by atoms with Crippen LogP contribution in [0.15, 0.2) is 35.5 Å². The lowest BCUT2D eigenvalue weighted by molar-refractivity contribution is 0.805. The van der Waals surface area contributed by atoms with Crippen LogP contribution in [0.4, 0.5) is 0 Å². The molecule has 112 valence electrons. The summed E-state index contributed by atoms with van der Waals surface area (Å²) in [5.41, 5.74) is 1.12. The van der Waals surface area contributed by atoms with Gasteiger partial charge in [-0.3, -0.25) is 4.99 Å². The Morgan fingerprint density at radius 3 is 2.81 bits per heavy atom. The summed E-state index contributed by atoms with van der Waals surface area (Å²) in [6, 6.07) is 7.78. The topological polar surface area (TPSA) is 49.3 Å². The van der Waals surface area contributed by atoms with Crippen LogP contribution < -0.4 is 10.6 Å². The number of aromatic nitrogens is 1. The van der Waals surface area contributed by atoms with E-state index in [1.54, 1.807) is 18.4 Å².